The molecule has 0 unspecified atom stereocenters. The molecule has 0 saturated heterocycles. The quantitative estimate of drug-likeness (QED) is 0.364. The van der Waals surface area contributed by atoms with Crippen molar-refractivity contribution < 1.29 is 11.0 Å². The van der Waals surface area contributed by atoms with Gasteiger partial charge in [-0.2, -0.15) is 0 Å². The van der Waals surface area contributed by atoms with Crippen molar-refractivity contribution in [1.29, 1.82) is 0 Å². The van der Waals surface area contributed by atoms with Crippen molar-refractivity contribution >= 4 is 26.0 Å². The summed E-state index contributed by atoms with van der Waals surface area (Å²) in [7, 11) is 0. The average molecular weight is 115 g/mol. The Morgan fingerprint density at radius 3 is 0.750 bits per heavy atom. The maximum absolute atomic E-state index is 0. The first-order chi connectivity index (χ1) is 0. The second-order valence-electron chi connectivity index (χ2n) is 0. The van der Waals surface area contributed by atoms with Gasteiger partial charge < -0.3 is 11.0 Å². The second-order valence-corrected chi connectivity index (χ2v) is 0. The second kappa shape index (κ2) is 80.9. The Labute approximate surface area is 37.7 Å². The third-order valence-electron chi connectivity index (χ3n) is 0. The first-order valence-corrected chi connectivity index (χ1v) is 0. The maximum atomic E-state index is 0. The van der Waals surface area contributed by atoms with E-state index in [4.69, 9.17) is 0 Å². The molecule has 0 aromatic rings. The summed E-state index contributed by atoms with van der Waals surface area (Å²) >= 11 is 0. The van der Waals surface area contributed by atoms with Crippen molar-refractivity contribution in [2.75, 3.05) is 0 Å². The topological polar surface area (TPSA) is 57.0 Å². The van der Waals surface area contributed by atoms with Gasteiger partial charge in [-0.15, -0.1) is 0 Å². The van der Waals surface area contributed by atoms with Gasteiger partial charge in [0.1, 0.15) is 0 Å². The predicted molar refractivity (Wildman–Crippen MR) is 12.9 cm³/mol. The van der Waals surface area contributed by atoms with Gasteiger partial charge in [0.2, 0.25) is 0 Å². The van der Waals surface area contributed by atoms with Gasteiger partial charge in [0.05, 0.1) is 0 Å². The fourth-order valence-corrected chi connectivity index (χ4v) is 0. The van der Waals surface area contributed by atoms with Crippen molar-refractivity contribution in [3.05, 3.63) is 0 Å². The summed E-state index contributed by atoms with van der Waals surface area (Å²) in [5, 5.41) is 0. The first-order valence-electron chi connectivity index (χ1n) is 0. The zero-order chi connectivity index (χ0) is 0. The number of hydrogen-bond donors (Lipinski definition) is 0. The molecule has 0 atom stereocenters. The van der Waals surface area contributed by atoms with Gasteiger partial charge in [-0.25, -0.2) is 0 Å². The normalized spacial score (nSPS) is 0. The van der Waals surface area contributed by atoms with Crippen LogP contribution in [0.1, 0.15) is 0 Å². The Kier molecular flexibility index (Phi) is 4090. The molecule has 0 amide bonds. The molecule has 4 heteroatoms. The summed E-state index contributed by atoms with van der Waals surface area (Å²) in [5.74, 6) is 0. The maximum Gasteiger partial charge on any atom is 4.00 e. The van der Waals surface area contributed by atoms with E-state index in [1.807, 2.05) is 0 Å². The van der Waals surface area contributed by atoms with E-state index in [0.717, 1.165) is 0 Å². The molecular formula is BGeO2. The molecule has 0 aromatic carbocycles. The van der Waals surface area contributed by atoms with E-state index in [1.54, 1.807) is 0 Å². The van der Waals surface area contributed by atoms with Crippen molar-refractivity contribution in [3.8, 4) is 0 Å². The number of rotatable bonds is 0. The van der Waals surface area contributed by atoms with Gasteiger partial charge in [-0.1, -0.05) is 0 Å². The third-order valence-corrected chi connectivity index (χ3v) is 0. The van der Waals surface area contributed by atoms with Crippen molar-refractivity contribution in [2.45, 2.75) is 0 Å². The molecule has 2 nitrogen and oxygen atoms in total. The molecule has 3 radical (unpaired) electrons. The smallest absolute Gasteiger partial charge is 2.00 e. The van der Waals surface area contributed by atoms with Crippen LogP contribution >= 0.6 is 0 Å². The molecule has 19 valence electrons. The zero-order valence-corrected chi connectivity index (χ0v) is 3.99. The number of hydrogen-bond acceptors (Lipinski definition) is 0. The van der Waals surface area contributed by atoms with Crippen LogP contribution in [0.25, 0.3) is 0 Å². The Bertz CT molecular complexity index is 6.00. The average Bonchev–Trinajstić information content (AvgIpc) is 0. The molecule has 0 aliphatic rings. The van der Waals surface area contributed by atoms with E-state index in [2.05, 4.69) is 0 Å². The Hall–Kier alpha value is 0.528. The zero-order valence-electron chi connectivity index (χ0n) is 1.89. The molecule has 0 spiro atoms. The van der Waals surface area contributed by atoms with E-state index in [0.29, 0.717) is 0 Å². The summed E-state index contributed by atoms with van der Waals surface area (Å²) in [5.41, 5.74) is 0. The minimum atomic E-state index is 0. The van der Waals surface area contributed by atoms with Crippen molar-refractivity contribution in [2.24, 2.45) is 0 Å². The molecule has 0 heterocycles. The van der Waals surface area contributed by atoms with Crippen LogP contribution in [-0.4, -0.2) is 26.0 Å². The molecule has 0 saturated carbocycles. The molecule has 0 bridgehead atoms. The van der Waals surface area contributed by atoms with Crippen LogP contribution in [0.15, 0.2) is 0 Å². The van der Waals surface area contributed by atoms with Crippen LogP contribution in [0.4, 0.5) is 0 Å². The molecule has 0 fully saturated rings. The monoisotopic (exact) mass is 117 g/mol. The largest absolute Gasteiger partial charge is 4.00 e. The van der Waals surface area contributed by atoms with E-state index >= 15 is 0 Å². The molecule has 0 aliphatic carbocycles. The first kappa shape index (κ1) is 202. The molecule has 0 aromatic heterocycles. The minimum Gasteiger partial charge on any atom is -2.00 e. The third kappa shape index (κ3) is 21.2. The van der Waals surface area contributed by atoms with Crippen LogP contribution in [0.2, 0.25) is 0 Å². The van der Waals surface area contributed by atoms with Crippen LogP contribution < -0.4 is 0 Å². The summed E-state index contributed by atoms with van der Waals surface area (Å²) in [6.45, 7) is 0. The van der Waals surface area contributed by atoms with Gasteiger partial charge in [-0.05, 0) is 0 Å². The molecule has 0 N–H and O–H groups in total. The van der Waals surface area contributed by atoms with E-state index < -0.39 is 0 Å². The Morgan fingerprint density at radius 1 is 0.750 bits per heavy atom. The molecule has 4 heavy (non-hydrogen) atoms. The SMILES string of the molecule is [B].[Ge+4].[O-2].[O-2]. The summed E-state index contributed by atoms with van der Waals surface area (Å²) in [4.78, 5) is 0. The van der Waals surface area contributed by atoms with Gasteiger partial charge in [-0.3, -0.25) is 0 Å². The van der Waals surface area contributed by atoms with E-state index in [9.17, 15) is 0 Å². The van der Waals surface area contributed by atoms with Crippen molar-refractivity contribution in [1.82, 2.24) is 0 Å². The summed E-state index contributed by atoms with van der Waals surface area (Å²) in [6.07, 6.45) is 0. The van der Waals surface area contributed by atoms with Crippen LogP contribution in [0.3, 0.4) is 0 Å². The van der Waals surface area contributed by atoms with Crippen molar-refractivity contribution in [3.63, 3.8) is 0 Å². The van der Waals surface area contributed by atoms with Gasteiger partial charge in [0.25, 0.3) is 0 Å². The van der Waals surface area contributed by atoms with Crippen LogP contribution in [-0.2, 0) is 11.0 Å². The summed E-state index contributed by atoms with van der Waals surface area (Å²) in [6, 6.07) is 0. The van der Waals surface area contributed by atoms with E-state index in [-0.39, 0.29) is 37.0 Å². The Morgan fingerprint density at radius 2 is 0.750 bits per heavy atom. The van der Waals surface area contributed by atoms with Crippen LogP contribution in [0.5, 0.6) is 0 Å². The van der Waals surface area contributed by atoms with E-state index in [1.165, 1.54) is 0 Å². The fourth-order valence-electron chi connectivity index (χ4n) is 0. The van der Waals surface area contributed by atoms with Gasteiger partial charge >= 0.3 is 17.6 Å². The minimum absolute atomic E-state index is 0. The van der Waals surface area contributed by atoms with Crippen LogP contribution in [0, 0.1) is 0 Å². The van der Waals surface area contributed by atoms with Gasteiger partial charge in [0.15, 0.2) is 0 Å². The standard InChI is InChI=1S/B.Ge.2O/q;+4;2*-2. The Balaban J connectivity index is 0. The van der Waals surface area contributed by atoms with Gasteiger partial charge in [0, 0.05) is 8.41 Å². The molecular weight excluding hydrogens is 115 g/mol. The summed E-state index contributed by atoms with van der Waals surface area (Å²) < 4.78 is 0. The molecule has 0 rings (SSSR count). The predicted octanol–water partition coefficient (Wildman–Crippen LogP) is -0.999. The fraction of sp³-hybridized carbons (Fsp3) is 0. The molecule has 0 aliphatic heterocycles.